The minimum atomic E-state index is -4.78. The van der Waals surface area contributed by atoms with Crippen LogP contribution in [0.25, 0.3) is 0 Å². The molecular formula is C12H15F3N2O3. The molecule has 20 heavy (non-hydrogen) atoms. The fourth-order valence-corrected chi connectivity index (χ4v) is 1.19. The van der Waals surface area contributed by atoms with Gasteiger partial charge in [0.15, 0.2) is 0 Å². The van der Waals surface area contributed by atoms with E-state index in [1.54, 1.807) is 20.8 Å². The number of rotatable bonds is 2. The summed E-state index contributed by atoms with van der Waals surface area (Å²) < 4.78 is 44.7. The van der Waals surface area contributed by atoms with Crippen LogP contribution in [0.3, 0.4) is 0 Å². The largest absolute Gasteiger partial charge is 0.573 e. The molecule has 1 rings (SSSR count). The first-order valence-electron chi connectivity index (χ1n) is 5.66. The zero-order valence-corrected chi connectivity index (χ0v) is 11.5. The van der Waals surface area contributed by atoms with Gasteiger partial charge in [0.1, 0.15) is 17.2 Å². The number of pyridine rings is 1. The molecule has 1 aromatic rings. The van der Waals surface area contributed by atoms with Gasteiger partial charge in [-0.1, -0.05) is 0 Å². The number of carbonyl (C=O) groups excluding carboxylic acids is 1. The smallest absolute Gasteiger partial charge is 0.443 e. The van der Waals surface area contributed by atoms with E-state index in [4.69, 9.17) is 4.74 Å². The van der Waals surface area contributed by atoms with Crippen LogP contribution in [0.15, 0.2) is 18.3 Å². The normalized spacial score (nSPS) is 11.9. The summed E-state index contributed by atoms with van der Waals surface area (Å²) in [6.07, 6.45) is -4.56. The highest BCUT2D eigenvalue weighted by molar-refractivity contribution is 5.85. The van der Waals surface area contributed by atoms with Crippen LogP contribution in [-0.4, -0.2) is 30.1 Å². The molecule has 0 unspecified atom stereocenters. The van der Waals surface area contributed by atoms with Gasteiger partial charge in [-0.3, -0.25) is 4.90 Å². The van der Waals surface area contributed by atoms with Crippen molar-refractivity contribution in [2.75, 3.05) is 11.9 Å². The number of anilines is 1. The first-order valence-corrected chi connectivity index (χ1v) is 5.66. The van der Waals surface area contributed by atoms with Crippen molar-refractivity contribution in [3.8, 4) is 5.75 Å². The van der Waals surface area contributed by atoms with Crippen molar-refractivity contribution in [2.24, 2.45) is 0 Å². The minimum Gasteiger partial charge on any atom is -0.443 e. The van der Waals surface area contributed by atoms with Crippen LogP contribution in [0.4, 0.5) is 23.8 Å². The second kappa shape index (κ2) is 5.56. The number of alkyl halides is 3. The van der Waals surface area contributed by atoms with Crippen LogP contribution in [0.2, 0.25) is 0 Å². The number of hydrogen-bond donors (Lipinski definition) is 0. The molecule has 0 bridgehead atoms. The molecule has 0 aliphatic rings. The highest BCUT2D eigenvalue weighted by Crippen LogP contribution is 2.23. The van der Waals surface area contributed by atoms with Crippen LogP contribution < -0.4 is 9.64 Å². The van der Waals surface area contributed by atoms with Crippen molar-refractivity contribution in [1.29, 1.82) is 0 Å². The van der Waals surface area contributed by atoms with Crippen molar-refractivity contribution in [2.45, 2.75) is 32.7 Å². The molecule has 0 atom stereocenters. The Morgan fingerprint density at radius 1 is 1.25 bits per heavy atom. The lowest BCUT2D eigenvalue weighted by Crippen LogP contribution is -2.34. The second-order valence-corrected chi connectivity index (χ2v) is 4.94. The predicted molar refractivity (Wildman–Crippen MR) is 65.6 cm³/mol. The van der Waals surface area contributed by atoms with Crippen molar-refractivity contribution >= 4 is 11.9 Å². The lowest BCUT2D eigenvalue weighted by molar-refractivity contribution is -0.274. The standard InChI is InChI=1S/C12H15F3N2O3/c1-11(2,3)20-10(18)17(4)9-6-5-8(7-16-9)19-12(13,14)15/h5-7H,1-4H3. The summed E-state index contributed by atoms with van der Waals surface area (Å²) in [6, 6.07) is 2.29. The molecule has 0 aliphatic heterocycles. The van der Waals surface area contributed by atoms with Gasteiger partial charge in [0, 0.05) is 7.05 Å². The zero-order valence-electron chi connectivity index (χ0n) is 11.5. The molecule has 1 aromatic heterocycles. The van der Waals surface area contributed by atoms with E-state index in [0.717, 1.165) is 17.2 Å². The first kappa shape index (κ1) is 16.1. The van der Waals surface area contributed by atoms with E-state index in [1.807, 2.05) is 0 Å². The summed E-state index contributed by atoms with van der Waals surface area (Å²) >= 11 is 0. The predicted octanol–water partition coefficient (Wildman–Crippen LogP) is 3.35. The maximum absolute atomic E-state index is 12.0. The van der Waals surface area contributed by atoms with Crippen LogP contribution in [0.1, 0.15) is 20.8 Å². The first-order chi connectivity index (χ1) is 8.98. The summed E-state index contributed by atoms with van der Waals surface area (Å²) in [5.74, 6) is -0.312. The van der Waals surface area contributed by atoms with Gasteiger partial charge in [-0.25, -0.2) is 9.78 Å². The Balaban J connectivity index is 2.75. The Hall–Kier alpha value is -1.99. The highest BCUT2D eigenvalue weighted by Gasteiger charge is 2.31. The molecule has 5 nitrogen and oxygen atoms in total. The fraction of sp³-hybridized carbons (Fsp3) is 0.500. The number of ether oxygens (including phenoxy) is 2. The number of nitrogens with zero attached hydrogens (tertiary/aromatic N) is 2. The molecule has 1 amide bonds. The maximum Gasteiger partial charge on any atom is 0.573 e. The van der Waals surface area contributed by atoms with Gasteiger partial charge in [-0.05, 0) is 32.9 Å². The van der Waals surface area contributed by atoms with Crippen molar-refractivity contribution in [3.05, 3.63) is 18.3 Å². The molecule has 0 saturated carbocycles. The Labute approximate surface area is 114 Å². The monoisotopic (exact) mass is 292 g/mol. The lowest BCUT2D eigenvalue weighted by atomic mass is 10.2. The third-order valence-corrected chi connectivity index (χ3v) is 1.97. The topological polar surface area (TPSA) is 51.7 Å². The number of amides is 1. The summed E-state index contributed by atoms with van der Waals surface area (Å²) in [5, 5.41) is 0. The van der Waals surface area contributed by atoms with Gasteiger partial charge in [0.2, 0.25) is 0 Å². The van der Waals surface area contributed by atoms with E-state index in [1.165, 1.54) is 13.1 Å². The maximum atomic E-state index is 12.0. The van der Waals surface area contributed by atoms with E-state index < -0.39 is 23.8 Å². The van der Waals surface area contributed by atoms with E-state index >= 15 is 0 Å². The molecule has 1 heterocycles. The SMILES string of the molecule is CN(C(=O)OC(C)(C)C)c1ccc(OC(F)(F)F)cn1. The number of hydrogen-bond acceptors (Lipinski definition) is 4. The van der Waals surface area contributed by atoms with Crippen molar-refractivity contribution < 1.29 is 27.4 Å². The summed E-state index contributed by atoms with van der Waals surface area (Å²) in [5.41, 5.74) is -0.676. The fourth-order valence-electron chi connectivity index (χ4n) is 1.19. The molecule has 0 radical (unpaired) electrons. The summed E-state index contributed by atoms with van der Waals surface area (Å²) in [4.78, 5) is 16.5. The van der Waals surface area contributed by atoms with Gasteiger partial charge in [0.05, 0.1) is 6.20 Å². The molecule has 0 fully saturated rings. The van der Waals surface area contributed by atoms with Crippen molar-refractivity contribution in [3.63, 3.8) is 0 Å². The van der Waals surface area contributed by atoms with E-state index in [9.17, 15) is 18.0 Å². The molecule has 0 saturated heterocycles. The van der Waals surface area contributed by atoms with E-state index in [2.05, 4.69) is 9.72 Å². The molecular weight excluding hydrogens is 277 g/mol. The Morgan fingerprint density at radius 3 is 2.25 bits per heavy atom. The van der Waals surface area contributed by atoms with Crippen LogP contribution in [0, 0.1) is 0 Å². The minimum absolute atomic E-state index is 0.147. The van der Waals surface area contributed by atoms with Gasteiger partial charge in [-0.15, -0.1) is 13.2 Å². The number of halogens is 3. The Bertz CT molecular complexity index is 466. The van der Waals surface area contributed by atoms with Gasteiger partial charge < -0.3 is 9.47 Å². The van der Waals surface area contributed by atoms with Crippen LogP contribution in [-0.2, 0) is 4.74 Å². The van der Waals surface area contributed by atoms with Gasteiger partial charge >= 0.3 is 12.5 Å². The molecule has 0 N–H and O–H groups in total. The Kier molecular flexibility index (Phi) is 4.46. The molecule has 0 aromatic carbocycles. The number of aromatic nitrogens is 1. The van der Waals surface area contributed by atoms with E-state index in [0.29, 0.717) is 0 Å². The quantitative estimate of drug-likeness (QED) is 0.838. The summed E-state index contributed by atoms with van der Waals surface area (Å²) in [6.45, 7) is 5.10. The molecule has 8 heteroatoms. The lowest BCUT2D eigenvalue weighted by Gasteiger charge is -2.24. The Morgan fingerprint density at radius 2 is 1.85 bits per heavy atom. The van der Waals surface area contributed by atoms with Gasteiger partial charge in [0.25, 0.3) is 0 Å². The molecule has 112 valence electrons. The number of carbonyl (C=O) groups is 1. The average Bonchev–Trinajstić information content (AvgIpc) is 2.24. The average molecular weight is 292 g/mol. The molecule has 0 spiro atoms. The van der Waals surface area contributed by atoms with Crippen LogP contribution >= 0.6 is 0 Å². The third-order valence-electron chi connectivity index (χ3n) is 1.97. The zero-order chi connectivity index (χ0) is 15.6. The van der Waals surface area contributed by atoms with Crippen molar-refractivity contribution in [1.82, 2.24) is 4.98 Å². The van der Waals surface area contributed by atoms with E-state index in [-0.39, 0.29) is 5.82 Å². The summed E-state index contributed by atoms with van der Waals surface area (Å²) in [7, 11) is 1.40. The molecule has 0 aliphatic carbocycles. The highest BCUT2D eigenvalue weighted by atomic mass is 19.4. The second-order valence-electron chi connectivity index (χ2n) is 4.94. The third kappa shape index (κ3) is 5.33. The van der Waals surface area contributed by atoms with Crippen LogP contribution in [0.5, 0.6) is 5.75 Å². The van der Waals surface area contributed by atoms with Gasteiger partial charge in [-0.2, -0.15) is 0 Å².